The van der Waals surface area contributed by atoms with Crippen LogP contribution in [0.3, 0.4) is 0 Å². The Hall–Kier alpha value is -1.45. The molecule has 1 heterocycles. The molecule has 0 spiro atoms. The van der Waals surface area contributed by atoms with E-state index in [-0.39, 0.29) is 5.97 Å². The summed E-state index contributed by atoms with van der Waals surface area (Å²) in [7, 11) is 0. The lowest BCUT2D eigenvalue weighted by atomic mass is 10.4. The SMILES string of the molecule is C=C(C)C(=O)OCCN1C=CN(CC)C1. The third-order valence-corrected chi connectivity index (χ3v) is 2.22. The molecule has 0 saturated heterocycles. The van der Waals surface area contributed by atoms with Gasteiger partial charge >= 0.3 is 5.97 Å². The van der Waals surface area contributed by atoms with Crippen molar-refractivity contribution >= 4 is 5.97 Å². The van der Waals surface area contributed by atoms with Crippen molar-refractivity contribution in [3.8, 4) is 0 Å². The first kappa shape index (κ1) is 11.6. The molecule has 0 fully saturated rings. The minimum Gasteiger partial charge on any atom is -0.460 e. The van der Waals surface area contributed by atoms with Gasteiger partial charge in [-0.2, -0.15) is 0 Å². The van der Waals surface area contributed by atoms with E-state index >= 15 is 0 Å². The third kappa shape index (κ3) is 3.65. The summed E-state index contributed by atoms with van der Waals surface area (Å²) in [6, 6.07) is 0. The van der Waals surface area contributed by atoms with E-state index in [4.69, 9.17) is 4.74 Å². The summed E-state index contributed by atoms with van der Waals surface area (Å²) in [5.41, 5.74) is 0.446. The van der Waals surface area contributed by atoms with Crippen molar-refractivity contribution in [3.05, 3.63) is 24.6 Å². The Labute approximate surface area is 90.8 Å². The molecule has 15 heavy (non-hydrogen) atoms. The van der Waals surface area contributed by atoms with Crippen molar-refractivity contribution in [2.75, 3.05) is 26.4 Å². The molecule has 0 saturated carbocycles. The number of carbonyl (C=O) groups excluding carboxylic acids is 1. The lowest BCUT2D eigenvalue weighted by molar-refractivity contribution is -0.139. The van der Waals surface area contributed by atoms with Crippen molar-refractivity contribution in [1.29, 1.82) is 0 Å². The number of esters is 1. The van der Waals surface area contributed by atoms with Gasteiger partial charge in [0.2, 0.25) is 0 Å². The third-order valence-electron chi connectivity index (χ3n) is 2.22. The number of nitrogens with zero attached hydrogens (tertiary/aromatic N) is 2. The van der Waals surface area contributed by atoms with E-state index < -0.39 is 0 Å². The Morgan fingerprint density at radius 2 is 2.13 bits per heavy atom. The number of hydrogen-bond donors (Lipinski definition) is 0. The average Bonchev–Trinajstić information content (AvgIpc) is 2.65. The van der Waals surface area contributed by atoms with Crippen LogP contribution in [0.4, 0.5) is 0 Å². The number of ether oxygens (including phenoxy) is 1. The topological polar surface area (TPSA) is 32.8 Å². The highest BCUT2D eigenvalue weighted by Gasteiger charge is 2.10. The van der Waals surface area contributed by atoms with Crippen LogP contribution in [0.5, 0.6) is 0 Å². The van der Waals surface area contributed by atoms with E-state index in [1.165, 1.54) is 0 Å². The molecule has 0 N–H and O–H groups in total. The molecule has 1 aliphatic rings. The van der Waals surface area contributed by atoms with Crippen molar-refractivity contribution < 1.29 is 9.53 Å². The van der Waals surface area contributed by atoms with Crippen LogP contribution in [0.2, 0.25) is 0 Å². The van der Waals surface area contributed by atoms with Gasteiger partial charge < -0.3 is 14.5 Å². The molecule has 1 rings (SSSR count). The van der Waals surface area contributed by atoms with E-state index in [9.17, 15) is 4.79 Å². The van der Waals surface area contributed by atoms with Gasteiger partial charge in [-0.3, -0.25) is 0 Å². The highest BCUT2D eigenvalue weighted by Crippen LogP contribution is 2.05. The number of rotatable bonds is 5. The first-order valence-corrected chi connectivity index (χ1v) is 5.12. The van der Waals surface area contributed by atoms with E-state index in [0.717, 1.165) is 19.8 Å². The minimum atomic E-state index is -0.314. The summed E-state index contributed by atoms with van der Waals surface area (Å²) in [5.74, 6) is -0.314. The van der Waals surface area contributed by atoms with Gasteiger partial charge in [-0.25, -0.2) is 4.79 Å². The standard InChI is InChI=1S/C11H18N2O2/c1-4-12-5-6-13(9-12)7-8-15-11(14)10(2)3/h5-6H,2,4,7-9H2,1,3H3. The number of hydrogen-bond acceptors (Lipinski definition) is 4. The second kappa shape index (κ2) is 5.44. The van der Waals surface area contributed by atoms with E-state index in [2.05, 4.69) is 23.3 Å². The van der Waals surface area contributed by atoms with Crippen LogP contribution in [0.1, 0.15) is 13.8 Å². The van der Waals surface area contributed by atoms with E-state index in [1.54, 1.807) is 6.92 Å². The zero-order chi connectivity index (χ0) is 11.3. The molecule has 0 aromatic heterocycles. The predicted octanol–water partition coefficient (Wildman–Crippen LogP) is 1.17. The zero-order valence-electron chi connectivity index (χ0n) is 9.40. The van der Waals surface area contributed by atoms with E-state index in [0.29, 0.717) is 12.2 Å². The van der Waals surface area contributed by atoms with Gasteiger partial charge in [0, 0.05) is 24.5 Å². The fraction of sp³-hybridized carbons (Fsp3) is 0.545. The fourth-order valence-electron chi connectivity index (χ4n) is 1.25. The normalized spacial score (nSPS) is 14.5. The van der Waals surface area contributed by atoms with Gasteiger partial charge in [0.05, 0.1) is 13.2 Å². The van der Waals surface area contributed by atoms with Crippen LogP contribution in [-0.4, -0.2) is 42.1 Å². The van der Waals surface area contributed by atoms with Crippen molar-refractivity contribution in [1.82, 2.24) is 9.80 Å². The van der Waals surface area contributed by atoms with E-state index in [1.807, 2.05) is 12.4 Å². The molecule has 0 aliphatic carbocycles. The van der Waals surface area contributed by atoms with Crippen molar-refractivity contribution in [2.24, 2.45) is 0 Å². The Kier molecular flexibility index (Phi) is 4.21. The summed E-state index contributed by atoms with van der Waals surface area (Å²) < 4.78 is 5.00. The molecule has 4 nitrogen and oxygen atoms in total. The number of carbonyl (C=O) groups is 1. The molecular weight excluding hydrogens is 192 g/mol. The molecule has 84 valence electrons. The Balaban J connectivity index is 2.15. The molecule has 0 aromatic rings. The Morgan fingerprint density at radius 3 is 2.67 bits per heavy atom. The maximum absolute atomic E-state index is 11.1. The monoisotopic (exact) mass is 210 g/mol. The van der Waals surface area contributed by atoms with Gasteiger partial charge in [-0.1, -0.05) is 6.58 Å². The zero-order valence-corrected chi connectivity index (χ0v) is 9.40. The highest BCUT2D eigenvalue weighted by molar-refractivity contribution is 5.86. The van der Waals surface area contributed by atoms with Gasteiger partial charge in [-0.15, -0.1) is 0 Å². The maximum Gasteiger partial charge on any atom is 0.333 e. The summed E-state index contributed by atoms with van der Waals surface area (Å²) in [6.45, 7) is 10.3. The Morgan fingerprint density at radius 1 is 1.47 bits per heavy atom. The van der Waals surface area contributed by atoms with Crippen molar-refractivity contribution in [3.63, 3.8) is 0 Å². The predicted molar refractivity (Wildman–Crippen MR) is 58.9 cm³/mol. The second-order valence-corrected chi connectivity index (χ2v) is 3.57. The van der Waals surface area contributed by atoms with Crippen molar-refractivity contribution in [2.45, 2.75) is 13.8 Å². The molecule has 1 aliphatic heterocycles. The molecule has 4 heteroatoms. The quantitative estimate of drug-likeness (QED) is 0.504. The smallest absolute Gasteiger partial charge is 0.333 e. The van der Waals surface area contributed by atoms with Crippen LogP contribution in [0.15, 0.2) is 24.6 Å². The molecule has 0 atom stereocenters. The first-order chi connectivity index (χ1) is 7.13. The molecule has 0 amide bonds. The summed E-state index contributed by atoms with van der Waals surface area (Å²) in [6.07, 6.45) is 4.05. The lowest BCUT2D eigenvalue weighted by Crippen LogP contribution is -2.28. The average molecular weight is 210 g/mol. The maximum atomic E-state index is 11.1. The molecule has 0 aromatic carbocycles. The molecule has 0 unspecified atom stereocenters. The first-order valence-electron chi connectivity index (χ1n) is 5.12. The van der Waals surface area contributed by atoms with Crippen LogP contribution in [0, 0.1) is 0 Å². The Bertz CT molecular complexity index is 274. The minimum absolute atomic E-state index is 0.314. The largest absolute Gasteiger partial charge is 0.460 e. The second-order valence-electron chi connectivity index (χ2n) is 3.57. The van der Waals surface area contributed by atoms with Crippen LogP contribution in [-0.2, 0) is 9.53 Å². The lowest BCUT2D eigenvalue weighted by Gasteiger charge is -2.19. The van der Waals surface area contributed by atoms with Gasteiger partial charge in [0.1, 0.15) is 6.61 Å². The van der Waals surface area contributed by atoms with Gasteiger partial charge in [0.15, 0.2) is 0 Å². The summed E-state index contributed by atoms with van der Waals surface area (Å²) >= 11 is 0. The molecular formula is C11H18N2O2. The van der Waals surface area contributed by atoms with Gasteiger partial charge in [0.25, 0.3) is 0 Å². The summed E-state index contributed by atoms with van der Waals surface area (Å²) in [4.78, 5) is 15.4. The molecule has 0 radical (unpaired) electrons. The summed E-state index contributed by atoms with van der Waals surface area (Å²) in [5, 5.41) is 0. The molecule has 0 bridgehead atoms. The van der Waals surface area contributed by atoms with Gasteiger partial charge in [-0.05, 0) is 13.8 Å². The fourth-order valence-corrected chi connectivity index (χ4v) is 1.25. The van der Waals surface area contributed by atoms with Crippen LogP contribution in [0.25, 0.3) is 0 Å². The van der Waals surface area contributed by atoms with Crippen LogP contribution < -0.4 is 0 Å². The highest BCUT2D eigenvalue weighted by atomic mass is 16.5. The van der Waals surface area contributed by atoms with Crippen LogP contribution >= 0.6 is 0 Å².